The van der Waals surface area contributed by atoms with E-state index >= 15 is 0 Å². The average molecular weight is 280 g/mol. The molecule has 3 rings (SSSR count). The Hall–Kier alpha value is -1.10. The van der Waals surface area contributed by atoms with Crippen molar-refractivity contribution in [3.8, 4) is 0 Å². The van der Waals surface area contributed by atoms with E-state index < -0.39 is 0 Å². The summed E-state index contributed by atoms with van der Waals surface area (Å²) in [5, 5.41) is 9.35. The quantitative estimate of drug-likeness (QED) is 0.824. The van der Waals surface area contributed by atoms with E-state index in [1.165, 1.54) is 0 Å². The van der Waals surface area contributed by atoms with Gasteiger partial charge in [-0.2, -0.15) is 0 Å². The van der Waals surface area contributed by atoms with Crippen molar-refractivity contribution >= 4 is 11.8 Å². The first-order valence-corrected chi connectivity index (χ1v) is 7.91. The topological polar surface area (TPSA) is 60.9 Å². The number of aliphatic hydroxyl groups excluding tert-OH is 1. The molecule has 1 N–H and O–H groups in total. The number of hydrogen-bond acceptors (Lipinski definition) is 3. The van der Waals surface area contributed by atoms with Crippen LogP contribution in [-0.2, 0) is 9.59 Å². The first-order valence-electron chi connectivity index (χ1n) is 7.91. The zero-order chi connectivity index (χ0) is 14.1. The van der Waals surface area contributed by atoms with E-state index in [0.29, 0.717) is 6.54 Å². The number of carbonyl (C=O) groups is 2. The van der Waals surface area contributed by atoms with Crippen LogP contribution in [0.15, 0.2) is 0 Å². The Morgan fingerprint density at radius 2 is 1.70 bits per heavy atom. The van der Waals surface area contributed by atoms with Gasteiger partial charge in [0.1, 0.15) is 0 Å². The molecule has 1 aliphatic carbocycles. The number of nitrogens with zero attached hydrogens (tertiary/aromatic N) is 2. The van der Waals surface area contributed by atoms with E-state index in [4.69, 9.17) is 0 Å². The Kier molecular flexibility index (Phi) is 3.96. The molecule has 0 aromatic heterocycles. The van der Waals surface area contributed by atoms with Crippen LogP contribution in [0, 0.1) is 11.8 Å². The predicted octanol–water partition coefficient (Wildman–Crippen LogP) is 0.618. The highest BCUT2D eigenvalue weighted by molar-refractivity contribution is 5.83. The first kappa shape index (κ1) is 13.9. The number of piperidine rings is 1. The Bertz CT molecular complexity index is 395. The molecule has 0 aromatic rings. The van der Waals surface area contributed by atoms with Gasteiger partial charge in [0.05, 0.1) is 18.6 Å². The summed E-state index contributed by atoms with van der Waals surface area (Å²) in [5.74, 6) is 0.580. The van der Waals surface area contributed by atoms with Crippen molar-refractivity contribution < 1.29 is 14.7 Å². The second-order valence-corrected chi connectivity index (χ2v) is 6.41. The number of likely N-dealkylation sites (tertiary alicyclic amines) is 2. The van der Waals surface area contributed by atoms with E-state index in [9.17, 15) is 14.7 Å². The maximum Gasteiger partial charge on any atom is 0.227 e. The second-order valence-electron chi connectivity index (χ2n) is 6.41. The van der Waals surface area contributed by atoms with Crippen LogP contribution in [-0.4, -0.2) is 59.0 Å². The Balaban J connectivity index is 1.61. The number of aliphatic hydroxyl groups is 1. The zero-order valence-corrected chi connectivity index (χ0v) is 12.0. The number of rotatable bonds is 3. The standard InChI is InChI=1S/C15H24N2O3/c18-10-13-4-2-8-17(13)15(20)12-3-1-7-16(9-12)14(19)11-5-6-11/h11-13,18H,1-10H2/t12?,13-/m0/s1. The van der Waals surface area contributed by atoms with Gasteiger partial charge in [-0.3, -0.25) is 9.59 Å². The molecule has 0 radical (unpaired) electrons. The molecule has 3 aliphatic rings. The van der Waals surface area contributed by atoms with Crippen molar-refractivity contribution in [1.82, 2.24) is 9.80 Å². The van der Waals surface area contributed by atoms with Crippen molar-refractivity contribution in [3.63, 3.8) is 0 Å². The Morgan fingerprint density at radius 3 is 2.40 bits per heavy atom. The van der Waals surface area contributed by atoms with Gasteiger partial charge in [-0.05, 0) is 38.5 Å². The van der Waals surface area contributed by atoms with Gasteiger partial charge >= 0.3 is 0 Å². The van der Waals surface area contributed by atoms with Crippen LogP contribution in [0.4, 0.5) is 0 Å². The third-order valence-electron chi connectivity index (χ3n) is 4.88. The van der Waals surface area contributed by atoms with Gasteiger partial charge in [-0.1, -0.05) is 0 Å². The Morgan fingerprint density at radius 1 is 0.950 bits per heavy atom. The summed E-state index contributed by atoms with van der Waals surface area (Å²) in [4.78, 5) is 28.5. The lowest BCUT2D eigenvalue weighted by molar-refractivity contribution is -0.142. The van der Waals surface area contributed by atoms with Crippen LogP contribution in [0.5, 0.6) is 0 Å². The monoisotopic (exact) mass is 280 g/mol. The van der Waals surface area contributed by atoms with Gasteiger partial charge in [0, 0.05) is 25.6 Å². The molecule has 2 amide bonds. The van der Waals surface area contributed by atoms with Crippen LogP contribution >= 0.6 is 0 Å². The lowest BCUT2D eigenvalue weighted by Gasteiger charge is -2.35. The van der Waals surface area contributed by atoms with E-state index in [1.54, 1.807) is 0 Å². The molecular formula is C15H24N2O3. The fourth-order valence-electron chi connectivity index (χ4n) is 3.52. The summed E-state index contributed by atoms with van der Waals surface area (Å²) in [5.41, 5.74) is 0. The normalized spacial score (nSPS) is 30.6. The van der Waals surface area contributed by atoms with Gasteiger partial charge in [-0.15, -0.1) is 0 Å². The third kappa shape index (κ3) is 2.68. The molecule has 1 saturated carbocycles. The lowest BCUT2D eigenvalue weighted by atomic mass is 9.95. The molecule has 2 aliphatic heterocycles. The maximum atomic E-state index is 12.6. The number of amides is 2. The zero-order valence-electron chi connectivity index (χ0n) is 12.0. The molecule has 20 heavy (non-hydrogen) atoms. The highest BCUT2D eigenvalue weighted by atomic mass is 16.3. The molecule has 1 unspecified atom stereocenters. The molecule has 2 atom stereocenters. The number of carbonyl (C=O) groups excluding carboxylic acids is 2. The SMILES string of the molecule is O=C(C1CC1)N1CCCC(C(=O)N2CCC[C@H]2CO)C1. The molecule has 2 heterocycles. The minimum atomic E-state index is -0.0569. The van der Waals surface area contributed by atoms with Crippen LogP contribution in [0.3, 0.4) is 0 Å². The molecular weight excluding hydrogens is 256 g/mol. The molecule has 112 valence electrons. The van der Waals surface area contributed by atoms with Gasteiger partial charge in [0.15, 0.2) is 0 Å². The van der Waals surface area contributed by atoms with E-state index in [-0.39, 0.29) is 36.3 Å². The molecule has 5 heteroatoms. The van der Waals surface area contributed by atoms with Crippen molar-refractivity contribution in [3.05, 3.63) is 0 Å². The maximum absolute atomic E-state index is 12.6. The summed E-state index contributed by atoms with van der Waals surface area (Å²) in [6, 6.07) is -0.00277. The average Bonchev–Trinajstić information content (AvgIpc) is 3.23. The van der Waals surface area contributed by atoms with E-state index in [1.807, 2.05) is 9.80 Å². The van der Waals surface area contributed by atoms with E-state index in [0.717, 1.165) is 51.6 Å². The summed E-state index contributed by atoms with van der Waals surface area (Å²) in [6.45, 7) is 2.21. The predicted molar refractivity (Wildman–Crippen MR) is 73.8 cm³/mol. The van der Waals surface area contributed by atoms with Crippen LogP contribution < -0.4 is 0 Å². The minimum Gasteiger partial charge on any atom is -0.394 e. The van der Waals surface area contributed by atoms with Crippen molar-refractivity contribution in [2.45, 2.75) is 44.6 Å². The molecule has 0 spiro atoms. The van der Waals surface area contributed by atoms with Gasteiger partial charge in [-0.25, -0.2) is 0 Å². The number of hydrogen-bond donors (Lipinski definition) is 1. The van der Waals surface area contributed by atoms with Crippen molar-refractivity contribution in [2.75, 3.05) is 26.2 Å². The minimum absolute atomic E-state index is 0.00277. The van der Waals surface area contributed by atoms with Gasteiger partial charge in [0.2, 0.25) is 11.8 Å². The van der Waals surface area contributed by atoms with Crippen LogP contribution in [0.2, 0.25) is 0 Å². The highest BCUT2D eigenvalue weighted by Crippen LogP contribution is 2.33. The van der Waals surface area contributed by atoms with Gasteiger partial charge in [0.25, 0.3) is 0 Å². The lowest BCUT2D eigenvalue weighted by Crippen LogP contribution is -2.48. The van der Waals surface area contributed by atoms with Gasteiger partial charge < -0.3 is 14.9 Å². The van der Waals surface area contributed by atoms with Crippen LogP contribution in [0.1, 0.15) is 38.5 Å². The van der Waals surface area contributed by atoms with Crippen molar-refractivity contribution in [2.24, 2.45) is 11.8 Å². The summed E-state index contributed by atoms with van der Waals surface area (Å²) >= 11 is 0. The molecule has 3 fully saturated rings. The summed E-state index contributed by atoms with van der Waals surface area (Å²) in [7, 11) is 0. The molecule has 5 nitrogen and oxygen atoms in total. The van der Waals surface area contributed by atoms with E-state index in [2.05, 4.69) is 0 Å². The largest absolute Gasteiger partial charge is 0.394 e. The highest BCUT2D eigenvalue weighted by Gasteiger charge is 2.39. The van der Waals surface area contributed by atoms with Crippen LogP contribution in [0.25, 0.3) is 0 Å². The molecule has 2 saturated heterocycles. The summed E-state index contributed by atoms with van der Waals surface area (Å²) < 4.78 is 0. The molecule has 0 bridgehead atoms. The third-order valence-corrected chi connectivity index (χ3v) is 4.88. The second kappa shape index (κ2) is 5.72. The fourth-order valence-corrected chi connectivity index (χ4v) is 3.52. The first-order chi connectivity index (χ1) is 9.70. The van der Waals surface area contributed by atoms with Crippen molar-refractivity contribution in [1.29, 1.82) is 0 Å². The molecule has 0 aromatic carbocycles. The fraction of sp³-hybridized carbons (Fsp3) is 0.867. The Labute approximate surface area is 119 Å². The smallest absolute Gasteiger partial charge is 0.227 e. The summed E-state index contributed by atoms with van der Waals surface area (Å²) in [6.07, 6.45) is 5.72.